The van der Waals surface area contributed by atoms with Gasteiger partial charge in [0.15, 0.2) is 0 Å². The second kappa shape index (κ2) is 6.77. The highest BCUT2D eigenvalue weighted by molar-refractivity contribution is 5.25. The van der Waals surface area contributed by atoms with Gasteiger partial charge >= 0.3 is 0 Å². The maximum absolute atomic E-state index is 3.67. The molecule has 0 aliphatic heterocycles. The number of hydrogen-bond donors (Lipinski definition) is 1. The number of likely N-dealkylation sites (N-methyl/N-ethyl adjacent to an activating group) is 1. The fraction of sp³-hybridized carbons (Fsp3) is 0.600. The minimum absolute atomic E-state index is 0.546. The van der Waals surface area contributed by atoms with Crippen LogP contribution in [-0.2, 0) is 6.54 Å². The van der Waals surface area contributed by atoms with Gasteiger partial charge < -0.3 is 10.2 Å². The van der Waals surface area contributed by atoms with Gasteiger partial charge in [-0.3, -0.25) is 0 Å². The third kappa shape index (κ3) is 4.88. The van der Waals surface area contributed by atoms with Crippen molar-refractivity contribution in [2.75, 3.05) is 20.6 Å². The van der Waals surface area contributed by atoms with Gasteiger partial charge in [-0.2, -0.15) is 0 Å². The van der Waals surface area contributed by atoms with Crippen LogP contribution in [0.5, 0.6) is 0 Å². The van der Waals surface area contributed by atoms with E-state index in [1.165, 1.54) is 11.1 Å². The maximum Gasteiger partial charge on any atom is 0.0220 e. The second-order valence-electron chi connectivity index (χ2n) is 5.42. The SMILES string of the molecule is Cc1ccccc1CNC(CN(C)C)C(C)C. The highest BCUT2D eigenvalue weighted by Gasteiger charge is 2.13. The fourth-order valence-electron chi connectivity index (χ4n) is 1.95. The van der Waals surface area contributed by atoms with Crippen LogP contribution in [-0.4, -0.2) is 31.6 Å². The summed E-state index contributed by atoms with van der Waals surface area (Å²) in [6, 6.07) is 9.13. The highest BCUT2D eigenvalue weighted by atomic mass is 15.1. The summed E-state index contributed by atoms with van der Waals surface area (Å²) >= 11 is 0. The number of aryl methyl sites for hydroxylation is 1. The van der Waals surface area contributed by atoms with Crippen molar-refractivity contribution in [3.63, 3.8) is 0 Å². The number of nitrogens with zero attached hydrogens (tertiary/aromatic N) is 1. The molecule has 0 radical (unpaired) electrons. The minimum Gasteiger partial charge on any atom is -0.308 e. The van der Waals surface area contributed by atoms with Crippen molar-refractivity contribution in [2.24, 2.45) is 5.92 Å². The van der Waals surface area contributed by atoms with Crippen molar-refractivity contribution in [3.05, 3.63) is 35.4 Å². The summed E-state index contributed by atoms with van der Waals surface area (Å²) in [7, 11) is 4.26. The molecule has 1 N–H and O–H groups in total. The summed E-state index contributed by atoms with van der Waals surface area (Å²) in [5.41, 5.74) is 2.77. The van der Waals surface area contributed by atoms with E-state index < -0.39 is 0 Å². The Kier molecular flexibility index (Phi) is 5.66. The van der Waals surface area contributed by atoms with E-state index in [2.05, 4.69) is 69.3 Å². The van der Waals surface area contributed by atoms with Crippen LogP contribution in [0.25, 0.3) is 0 Å². The summed E-state index contributed by atoms with van der Waals surface area (Å²) in [4.78, 5) is 2.25. The summed E-state index contributed by atoms with van der Waals surface area (Å²) in [6.45, 7) is 8.78. The number of rotatable bonds is 6. The van der Waals surface area contributed by atoms with E-state index in [9.17, 15) is 0 Å². The molecule has 2 heteroatoms. The Hall–Kier alpha value is -0.860. The lowest BCUT2D eigenvalue weighted by Gasteiger charge is -2.26. The van der Waals surface area contributed by atoms with Crippen LogP contribution in [0, 0.1) is 12.8 Å². The van der Waals surface area contributed by atoms with Crippen molar-refractivity contribution in [2.45, 2.75) is 33.4 Å². The zero-order valence-corrected chi connectivity index (χ0v) is 11.8. The van der Waals surface area contributed by atoms with Crippen molar-refractivity contribution in [1.29, 1.82) is 0 Å². The van der Waals surface area contributed by atoms with E-state index in [4.69, 9.17) is 0 Å². The molecular formula is C15H26N2. The smallest absolute Gasteiger partial charge is 0.0220 e. The predicted octanol–water partition coefficient (Wildman–Crippen LogP) is 2.67. The second-order valence-corrected chi connectivity index (χ2v) is 5.42. The Morgan fingerprint density at radius 1 is 1.18 bits per heavy atom. The number of nitrogens with one attached hydrogen (secondary N) is 1. The van der Waals surface area contributed by atoms with E-state index in [1.807, 2.05) is 0 Å². The molecule has 0 heterocycles. The maximum atomic E-state index is 3.67. The predicted molar refractivity (Wildman–Crippen MR) is 75.2 cm³/mol. The lowest BCUT2D eigenvalue weighted by atomic mass is 10.0. The Labute approximate surface area is 106 Å². The molecule has 0 aliphatic rings. The monoisotopic (exact) mass is 234 g/mol. The molecule has 0 aromatic heterocycles. The third-order valence-electron chi connectivity index (χ3n) is 3.18. The Morgan fingerprint density at radius 3 is 2.35 bits per heavy atom. The molecule has 1 atom stereocenters. The zero-order valence-electron chi connectivity index (χ0n) is 11.8. The lowest BCUT2D eigenvalue weighted by molar-refractivity contribution is 0.288. The molecule has 0 saturated carbocycles. The molecule has 1 rings (SSSR count). The largest absolute Gasteiger partial charge is 0.308 e. The van der Waals surface area contributed by atoms with E-state index in [0.29, 0.717) is 12.0 Å². The molecule has 0 saturated heterocycles. The Bertz CT molecular complexity index is 331. The quantitative estimate of drug-likeness (QED) is 0.814. The first-order chi connectivity index (χ1) is 8.00. The average Bonchev–Trinajstić information content (AvgIpc) is 2.25. The fourth-order valence-corrected chi connectivity index (χ4v) is 1.95. The Morgan fingerprint density at radius 2 is 1.82 bits per heavy atom. The van der Waals surface area contributed by atoms with Crippen LogP contribution in [0.15, 0.2) is 24.3 Å². The van der Waals surface area contributed by atoms with Gasteiger partial charge in [-0.1, -0.05) is 38.1 Å². The molecule has 1 aromatic carbocycles. The van der Waals surface area contributed by atoms with Crippen LogP contribution < -0.4 is 5.32 Å². The van der Waals surface area contributed by atoms with Crippen LogP contribution in [0.2, 0.25) is 0 Å². The van der Waals surface area contributed by atoms with Gasteiger partial charge in [-0.05, 0) is 38.1 Å². The normalized spacial score (nSPS) is 13.4. The lowest BCUT2D eigenvalue weighted by Crippen LogP contribution is -2.41. The van der Waals surface area contributed by atoms with Gasteiger partial charge in [0.25, 0.3) is 0 Å². The summed E-state index contributed by atoms with van der Waals surface area (Å²) in [5.74, 6) is 0.654. The van der Waals surface area contributed by atoms with Crippen LogP contribution >= 0.6 is 0 Å². The van der Waals surface area contributed by atoms with Gasteiger partial charge in [0, 0.05) is 19.1 Å². The van der Waals surface area contributed by atoms with Gasteiger partial charge in [0.2, 0.25) is 0 Å². The Balaban J connectivity index is 2.55. The third-order valence-corrected chi connectivity index (χ3v) is 3.18. The molecule has 2 nitrogen and oxygen atoms in total. The molecule has 1 unspecified atom stereocenters. The first kappa shape index (κ1) is 14.2. The minimum atomic E-state index is 0.546. The molecule has 17 heavy (non-hydrogen) atoms. The summed E-state index contributed by atoms with van der Waals surface area (Å²) in [5, 5.41) is 3.67. The summed E-state index contributed by atoms with van der Waals surface area (Å²) < 4.78 is 0. The van der Waals surface area contributed by atoms with Crippen molar-refractivity contribution in [3.8, 4) is 0 Å². The van der Waals surface area contributed by atoms with Crippen LogP contribution in [0.3, 0.4) is 0 Å². The molecule has 0 bridgehead atoms. The molecule has 0 fully saturated rings. The van der Waals surface area contributed by atoms with Gasteiger partial charge in [0.05, 0.1) is 0 Å². The molecule has 0 aliphatic carbocycles. The van der Waals surface area contributed by atoms with E-state index in [0.717, 1.165) is 13.1 Å². The van der Waals surface area contributed by atoms with Crippen molar-refractivity contribution < 1.29 is 0 Å². The average molecular weight is 234 g/mol. The van der Waals surface area contributed by atoms with Crippen molar-refractivity contribution in [1.82, 2.24) is 10.2 Å². The zero-order chi connectivity index (χ0) is 12.8. The van der Waals surface area contributed by atoms with E-state index in [-0.39, 0.29) is 0 Å². The first-order valence-electron chi connectivity index (χ1n) is 6.43. The summed E-state index contributed by atoms with van der Waals surface area (Å²) in [6.07, 6.45) is 0. The molecule has 0 spiro atoms. The standard InChI is InChI=1S/C15H26N2/c1-12(2)15(11-17(4)5)16-10-14-9-7-6-8-13(14)3/h6-9,12,15-16H,10-11H2,1-5H3. The van der Waals surface area contributed by atoms with E-state index in [1.54, 1.807) is 0 Å². The van der Waals surface area contributed by atoms with Gasteiger partial charge in [-0.15, -0.1) is 0 Å². The number of benzene rings is 1. The molecule has 96 valence electrons. The van der Waals surface area contributed by atoms with Crippen molar-refractivity contribution >= 4 is 0 Å². The highest BCUT2D eigenvalue weighted by Crippen LogP contribution is 2.09. The van der Waals surface area contributed by atoms with Gasteiger partial charge in [-0.25, -0.2) is 0 Å². The van der Waals surface area contributed by atoms with E-state index >= 15 is 0 Å². The first-order valence-corrected chi connectivity index (χ1v) is 6.43. The number of hydrogen-bond acceptors (Lipinski definition) is 2. The van der Waals surface area contributed by atoms with Crippen LogP contribution in [0.1, 0.15) is 25.0 Å². The van der Waals surface area contributed by atoms with Crippen LogP contribution in [0.4, 0.5) is 0 Å². The molecular weight excluding hydrogens is 208 g/mol. The van der Waals surface area contributed by atoms with Gasteiger partial charge in [0.1, 0.15) is 0 Å². The topological polar surface area (TPSA) is 15.3 Å². The molecule has 1 aromatic rings. The molecule has 0 amide bonds.